The van der Waals surface area contributed by atoms with Crippen molar-refractivity contribution in [3.05, 3.63) is 0 Å². The van der Waals surface area contributed by atoms with Gasteiger partial charge in [-0.15, -0.1) is 0 Å². The fourth-order valence-electron chi connectivity index (χ4n) is 2.23. The summed E-state index contributed by atoms with van der Waals surface area (Å²) in [5.74, 6) is 0.629. The predicted octanol–water partition coefficient (Wildman–Crippen LogP) is 3.46. The van der Waals surface area contributed by atoms with Crippen LogP contribution >= 0.6 is 0 Å². The van der Waals surface area contributed by atoms with Crippen LogP contribution < -0.4 is 0 Å². The van der Waals surface area contributed by atoms with E-state index >= 15 is 0 Å². The Hall–Kier alpha value is -0.530. The molecule has 0 atom stereocenters. The highest BCUT2D eigenvalue weighted by molar-refractivity contribution is 5.79. The minimum absolute atomic E-state index is 0.0906. The van der Waals surface area contributed by atoms with Crippen molar-refractivity contribution < 1.29 is 4.79 Å². The summed E-state index contributed by atoms with van der Waals surface area (Å²) in [5, 5.41) is 0. The van der Waals surface area contributed by atoms with Gasteiger partial charge in [0.25, 0.3) is 0 Å². The second-order valence-electron chi connectivity index (χ2n) is 6.69. The van der Waals surface area contributed by atoms with Gasteiger partial charge in [0, 0.05) is 18.5 Å². The van der Waals surface area contributed by atoms with Crippen LogP contribution in [0.2, 0.25) is 0 Å². The van der Waals surface area contributed by atoms with Crippen molar-refractivity contribution in [3.8, 4) is 0 Å². The van der Waals surface area contributed by atoms with Gasteiger partial charge in [-0.3, -0.25) is 4.79 Å². The molecule has 94 valence electrons. The van der Waals surface area contributed by atoms with Gasteiger partial charge in [-0.25, -0.2) is 0 Å². The van der Waals surface area contributed by atoms with Crippen molar-refractivity contribution in [2.75, 3.05) is 7.05 Å². The highest BCUT2D eigenvalue weighted by atomic mass is 16.2. The lowest BCUT2D eigenvalue weighted by Crippen LogP contribution is -2.54. The van der Waals surface area contributed by atoms with Crippen molar-refractivity contribution in [1.29, 1.82) is 0 Å². The zero-order valence-electron chi connectivity index (χ0n) is 11.8. The fraction of sp³-hybridized carbons (Fsp3) is 0.929. The van der Waals surface area contributed by atoms with E-state index in [1.165, 1.54) is 12.8 Å². The minimum Gasteiger partial charge on any atom is -0.340 e. The largest absolute Gasteiger partial charge is 0.340 e. The molecule has 2 nitrogen and oxygen atoms in total. The molecule has 16 heavy (non-hydrogen) atoms. The molecule has 0 aliphatic heterocycles. The molecule has 0 aromatic carbocycles. The molecule has 0 unspecified atom stereocenters. The van der Waals surface area contributed by atoms with Crippen molar-refractivity contribution in [3.63, 3.8) is 0 Å². The van der Waals surface area contributed by atoms with Gasteiger partial charge in [0.1, 0.15) is 0 Å². The van der Waals surface area contributed by atoms with Crippen LogP contribution in [0.25, 0.3) is 0 Å². The standard InChI is InChI=1S/C14H27NO/c1-13(2,3)14(4,5)15(6)12(16)11-9-7-8-10-11/h11H,7-10H2,1-6H3. The molecule has 1 fully saturated rings. The van der Waals surface area contributed by atoms with Gasteiger partial charge in [0.2, 0.25) is 5.91 Å². The Kier molecular flexibility index (Phi) is 3.71. The van der Waals surface area contributed by atoms with Gasteiger partial charge in [-0.2, -0.15) is 0 Å². The van der Waals surface area contributed by atoms with Crippen LogP contribution in [0.15, 0.2) is 0 Å². The normalized spacial score (nSPS) is 18.9. The molecule has 1 amide bonds. The number of hydrogen-bond acceptors (Lipinski definition) is 1. The number of hydrogen-bond donors (Lipinski definition) is 0. The third kappa shape index (κ3) is 2.41. The van der Waals surface area contributed by atoms with Crippen LogP contribution in [0.4, 0.5) is 0 Å². The average molecular weight is 225 g/mol. The highest BCUT2D eigenvalue weighted by Gasteiger charge is 2.40. The average Bonchev–Trinajstić information content (AvgIpc) is 2.66. The van der Waals surface area contributed by atoms with Crippen molar-refractivity contribution in [2.24, 2.45) is 11.3 Å². The van der Waals surface area contributed by atoms with Crippen LogP contribution in [-0.4, -0.2) is 23.4 Å². The molecule has 1 saturated carbocycles. The molecule has 2 heteroatoms. The summed E-state index contributed by atoms with van der Waals surface area (Å²) in [6.07, 6.45) is 4.62. The van der Waals surface area contributed by atoms with Crippen molar-refractivity contribution >= 4 is 5.91 Å². The summed E-state index contributed by atoms with van der Waals surface area (Å²) in [7, 11) is 1.96. The van der Waals surface area contributed by atoms with E-state index in [0.717, 1.165) is 12.8 Å². The molecule has 1 rings (SSSR count). The van der Waals surface area contributed by atoms with Gasteiger partial charge >= 0.3 is 0 Å². The third-order valence-electron chi connectivity index (χ3n) is 4.71. The number of carbonyl (C=O) groups excluding carboxylic acids is 1. The monoisotopic (exact) mass is 225 g/mol. The number of rotatable bonds is 2. The number of carbonyl (C=O) groups is 1. The summed E-state index contributed by atoms with van der Waals surface area (Å²) in [6, 6.07) is 0. The molecule has 0 spiro atoms. The maximum atomic E-state index is 12.4. The van der Waals surface area contributed by atoms with Gasteiger partial charge < -0.3 is 4.90 Å². The van der Waals surface area contributed by atoms with E-state index in [2.05, 4.69) is 34.6 Å². The topological polar surface area (TPSA) is 20.3 Å². The third-order valence-corrected chi connectivity index (χ3v) is 4.71. The first-order valence-corrected chi connectivity index (χ1v) is 6.45. The smallest absolute Gasteiger partial charge is 0.225 e. The molecule has 1 aliphatic rings. The van der Waals surface area contributed by atoms with Gasteiger partial charge in [-0.05, 0) is 32.1 Å². The Labute approximate surface area is 100 Å². The maximum absolute atomic E-state index is 12.4. The molecule has 0 saturated heterocycles. The summed E-state index contributed by atoms with van der Waals surface area (Å²) < 4.78 is 0. The van der Waals surface area contributed by atoms with Gasteiger partial charge in [-0.1, -0.05) is 33.6 Å². The van der Waals surface area contributed by atoms with E-state index in [1.807, 2.05) is 11.9 Å². The zero-order valence-corrected chi connectivity index (χ0v) is 11.8. The van der Waals surface area contributed by atoms with E-state index in [-0.39, 0.29) is 16.9 Å². The van der Waals surface area contributed by atoms with Crippen LogP contribution in [0.5, 0.6) is 0 Å². The van der Waals surface area contributed by atoms with Crippen LogP contribution in [-0.2, 0) is 4.79 Å². The van der Waals surface area contributed by atoms with Crippen molar-refractivity contribution in [1.82, 2.24) is 4.90 Å². The molecular formula is C14H27NO. The number of amides is 1. The second kappa shape index (κ2) is 4.38. The number of nitrogens with zero attached hydrogens (tertiary/aromatic N) is 1. The summed E-state index contributed by atoms with van der Waals surface area (Å²) in [6.45, 7) is 10.9. The first kappa shape index (κ1) is 13.5. The van der Waals surface area contributed by atoms with Crippen LogP contribution in [0.1, 0.15) is 60.3 Å². The van der Waals surface area contributed by atoms with Crippen molar-refractivity contribution in [2.45, 2.75) is 65.8 Å². The molecular weight excluding hydrogens is 198 g/mol. The Morgan fingerprint density at radius 2 is 1.50 bits per heavy atom. The lowest BCUT2D eigenvalue weighted by molar-refractivity contribution is -0.142. The van der Waals surface area contributed by atoms with Crippen LogP contribution in [0.3, 0.4) is 0 Å². The quantitative estimate of drug-likeness (QED) is 0.705. The van der Waals surface area contributed by atoms with E-state index in [9.17, 15) is 4.79 Å². The fourth-order valence-corrected chi connectivity index (χ4v) is 2.23. The summed E-state index contributed by atoms with van der Waals surface area (Å²) >= 11 is 0. The Balaban J connectivity index is 2.76. The summed E-state index contributed by atoms with van der Waals surface area (Å²) in [4.78, 5) is 14.3. The van der Waals surface area contributed by atoms with E-state index in [1.54, 1.807) is 0 Å². The zero-order chi connectivity index (χ0) is 12.6. The molecule has 0 radical (unpaired) electrons. The summed E-state index contributed by atoms with van der Waals surface area (Å²) in [5.41, 5.74) is 0.0166. The Morgan fingerprint density at radius 1 is 1.06 bits per heavy atom. The minimum atomic E-state index is -0.0906. The lowest BCUT2D eigenvalue weighted by Gasteiger charge is -2.46. The van der Waals surface area contributed by atoms with E-state index < -0.39 is 0 Å². The molecule has 0 aromatic rings. The molecule has 0 N–H and O–H groups in total. The van der Waals surface area contributed by atoms with Gasteiger partial charge in [0.05, 0.1) is 0 Å². The first-order valence-electron chi connectivity index (χ1n) is 6.45. The van der Waals surface area contributed by atoms with Gasteiger partial charge in [0.15, 0.2) is 0 Å². The van der Waals surface area contributed by atoms with E-state index in [4.69, 9.17) is 0 Å². The maximum Gasteiger partial charge on any atom is 0.225 e. The lowest BCUT2D eigenvalue weighted by atomic mass is 9.75. The Bertz CT molecular complexity index is 256. The van der Waals surface area contributed by atoms with E-state index in [0.29, 0.717) is 5.91 Å². The molecule has 1 aliphatic carbocycles. The second-order valence-corrected chi connectivity index (χ2v) is 6.69. The Morgan fingerprint density at radius 3 is 1.88 bits per heavy atom. The SMILES string of the molecule is CN(C(=O)C1CCCC1)C(C)(C)C(C)(C)C. The van der Waals surface area contributed by atoms with Crippen LogP contribution in [0, 0.1) is 11.3 Å². The first-order chi connectivity index (χ1) is 7.18. The molecule has 0 aromatic heterocycles. The highest BCUT2D eigenvalue weighted by Crippen LogP contribution is 2.36. The predicted molar refractivity (Wildman–Crippen MR) is 68.3 cm³/mol. The molecule has 0 bridgehead atoms. The molecule has 0 heterocycles.